The topological polar surface area (TPSA) is 91.2 Å². The third-order valence-corrected chi connectivity index (χ3v) is 2.19. The molecule has 1 aromatic carbocycles. The maximum absolute atomic E-state index is 11.0. The Labute approximate surface area is 87.2 Å². The van der Waals surface area contributed by atoms with Gasteiger partial charge in [0.25, 0.3) is 0 Å². The van der Waals surface area contributed by atoms with E-state index in [0.29, 0.717) is 0 Å². The minimum absolute atomic E-state index is 0.259. The van der Waals surface area contributed by atoms with E-state index in [9.17, 15) is 4.79 Å². The van der Waals surface area contributed by atoms with Gasteiger partial charge in [-0.25, -0.2) is 10.9 Å². The fraction of sp³-hybridized carbons (Fsp3) is 0.222. The zero-order chi connectivity index (χ0) is 10.7. The van der Waals surface area contributed by atoms with Crippen LogP contribution in [0, 0.1) is 0 Å². The van der Waals surface area contributed by atoms with E-state index in [0.717, 1.165) is 5.69 Å². The molecule has 1 amide bonds. The first-order chi connectivity index (χ1) is 7.27. The molecule has 0 radical (unpaired) electrons. The molecule has 2 unspecified atom stereocenters. The lowest BCUT2D eigenvalue weighted by molar-refractivity contribution is -0.119. The molecule has 0 saturated carbocycles. The highest BCUT2D eigenvalue weighted by Crippen LogP contribution is 2.08. The van der Waals surface area contributed by atoms with Crippen molar-refractivity contribution >= 4 is 11.6 Å². The molecule has 15 heavy (non-hydrogen) atoms. The van der Waals surface area contributed by atoms with E-state index in [1.54, 1.807) is 0 Å². The lowest BCUT2D eigenvalue weighted by Gasteiger charge is -2.17. The van der Waals surface area contributed by atoms with Crippen molar-refractivity contribution in [2.45, 2.75) is 12.2 Å². The van der Waals surface area contributed by atoms with Crippen LogP contribution < -0.4 is 27.4 Å². The molecule has 1 saturated heterocycles. The summed E-state index contributed by atoms with van der Waals surface area (Å²) in [5.41, 5.74) is 14.4. The van der Waals surface area contributed by atoms with Crippen molar-refractivity contribution in [2.24, 2.45) is 5.73 Å². The molecule has 1 aromatic rings. The molecule has 1 aliphatic rings. The minimum atomic E-state index is -0.481. The van der Waals surface area contributed by atoms with E-state index in [1.807, 2.05) is 30.3 Å². The summed E-state index contributed by atoms with van der Waals surface area (Å²) in [5.74, 6) is -0.416. The number of hydrazine groups is 2. The number of primary amides is 1. The monoisotopic (exact) mass is 207 g/mol. The molecule has 0 spiro atoms. The summed E-state index contributed by atoms with van der Waals surface area (Å²) in [6.07, 6.45) is -0.259. The summed E-state index contributed by atoms with van der Waals surface area (Å²) in [5, 5.41) is 3.14. The average Bonchev–Trinajstić information content (AvgIpc) is 2.67. The lowest BCUT2D eigenvalue weighted by atomic mass is 10.2. The van der Waals surface area contributed by atoms with Crippen LogP contribution >= 0.6 is 0 Å². The minimum Gasteiger partial charge on any atom is -0.368 e. The second-order valence-corrected chi connectivity index (χ2v) is 3.28. The highest BCUT2D eigenvalue weighted by molar-refractivity contribution is 5.81. The molecule has 80 valence electrons. The number of rotatable bonds is 3. The number of nitrogens with one attached hydrogen (secondary N) is 4. The first-order valence-electron chi connectivity index (χ1n) is 4.64. The van der Waals surface area contributed by atoms with Crippen molar-refractivity contribution in [3.8, 4) is 0 Å². The van der Waals surface area contributed by atoms with Crippen molar-refractivity contribution in [3.05, 3.63) is 30.3 Å². The second-order valence-electron chi connectivity index (χ2n) is 3.28. The number of carbonyl (C=O) groups excluding carboxylic acids is 1. The van der Waals surface area contributed by atoms with Gasteiger partial charge < -0.3 is 11.1 Å². The van der Waals surface area contributed by atoms with Gasteiger partial charge in [0.15, 0.2) is 0 Å². The molecule has 2 atom stereocenters. The molecule has 1 aliphatic heterocycles. The van der Waals surface area contributed by atoms with E-state index >= 15 is 0 Å². The van der Waals surface area contributed by atoms with Gasteiger partial charge in [-0.3, -0.25) is 4.79 Å². The Bertz CT molecular complexity index is 342. The third-order valence-electron chi connectivity index (χ3n) is 2.19. The van der Waals surface area contributed by atoms with Gasteiger partial charge in [-0.05, 0) is 12.1 Å². The van der Waals surface area contributed by atoms with E-state index in [4.69, 9.17) is 5.73 Å². The standard InChI is InChI=1S/C9H13N5O/c10-8(15)7-9(13-14-12-7)11-6-4-2-1-3-5-6/h1-5,7,9,11-14H,(H2,10,15). The summed E-state index contributed by atoms with van der Waals surface area (Å²) < 4.78 is 0. The zero-order valence-corrected chi connectivity index (χ0v) is 8.03. The molecule has 2 rings (SSSR count). The van der Waals surface area contributed by atoms with E-state index in [1.165, 1.54) is 0 Å². The number of hydrogen-bond acceptors (Lipinski definition) is 5. The number of amides is 1. The fourth-order valence-corrected chi connectivity index (χ4v) is 1.43. The number of hydrogen-bond donors (Lipinski definition) is 5. The summed E-state index contributed by atoms with van der Waals surface area (Å²) in [6.45, 7) is 0. The number of para-hydroxylation sites is 1. The average molecular weight is 207 g/mol. The number of anilines is 1. The number of carbonyl (C=O) groups is 1. The Kier molecular flexibility index (Phi) is 2.82. The smallest absolute Gasteiger partial charge is 0.239 e. The van der Waals surface area contributed by atoms with Crippen LogP contribution in [0.3, 0.4) is 0 Å². The summed E-state index contributed by atoms with van der Waals surface area (Å²) in [4.78, 5) is 11.0. The first-order valence-corrected chi connectivity index (χ1v) is 4.64. The Morgan fingerprint density at radius 1 is 1.27 bits per heavy atom. The summed E-state index contributed by atoms with van der Waals surface area (Å²) in [7, 11) is 0. The first kappa shape index (κ1) is 9.91. The SMILES string of the molecule is NC(=O)C1NNNC1Nc1ccccc1. The molecule has 0 bridgehead atoms. The highest BCUT2D eigenvalue weighted by atomic mass is 16.1. The molecule has 6 nitrogen and oxygen atoms in total. The predicted molar refractivity (Wildman–Crippen MR) is 56.2 cm³/mol. The molecule has 6 N–H and O–H groups in total. The molecular formula is C9H13N5O. The van der Waals surface area contributed by atoms with Gasteiger partial charge in [-0.2, -0.15) is 5.53 Å². The van der Waals surface area contributed by atoms with E-state index in [2.05, 4.69) is 21.7 Å². The zero-order valence-electron chi connectivity index (χ0n) is 8.03. The van der Waals surface area contributed by atoms with Crippen molar-refractivity contribution in [3.63, 3.8) is 0 Å². The molecule has 1 fully saturated rings. The molecule has 1 heterocycles. The van der Waals surface area contributed by atoms with Crippen LogP contribution in [-0.2, 0) is 4.79 Å². The summed E-state index contributed by atoms with van der Waals surface area (Å²) >= 11 is 0. The molecule has 6 heteroatoms. The Morgan fingerprint density at radius 3 is 2.67 bits per heavy atom. The fourth-order valence-electron chi connectivity index (χ4n) is 1.43. The van der Waals surface area contributed by atoms with Crippen LogP contribution in [0.1, 0.15) is 0 Å². The van der Waals surface area contributed by atoms with Crippen molar-refractivity contribution in [1.29, 1.82) is 0 Å². The van der Waals surface area contributed by atoms with Crippen molar-refractivity contribution in [2.75, 3.05) is 5.32 Å². The van der Waals surface area contributed by atoms with E-state index < -0.39 is 11.9 Å². The van der Waals surface area contributed by atoms with Crippen LogP contribution in [0.15, 0.2) is 30.3 Å². The van der Waals surface area contributed by atoms with Gasteiger partial charge in [-0.15, -0.1) is 0 Å². The molecule has 0 aromatic heterocycles. The maximum Gasteiger partial charge on any atom is 0.239 e. The molecule has 0 aliphatic carbocycles. The number of benzene rings is 1. The summed E-state index contributed by atoms with van der Waals surface area (Å²) in [6, 6.07) is 9.10. The van der Waals surface area contributed by atoms with Gasteiger partial charge in [0.2, 0.25) is 5.91 Å². The Morgan fingerprint density at radius 2 is 2.00 bits per heavy atom. The van der Waals surface area contributed by atoms with Crippen LogP contribution in [0.2, 0.25) is 0 Å². The van der Waals surface area contributed by atoms with Crippen LogP contribution in [0.5, 0.6) is 0 Å². The maximum atomic E-state index is 11.0. The van der Waals surface area contributed by atoms with Gasteiger partial charge >= 0.3 is 0 Å². The van der Waals surface area contributed by atoms with Gasteiger partial charge in [-0.1, -0.05) is 18.2 Å². The quantitative estimate of drug-likeness (QED) is 0.433. The van der Waals surface area contributed by atoms with Crippen LogP contribution in [0.4, 0.5) is 5.69 Å². The predicted octanol–water partition coefficient (Wildman–Crippen LogP) is -1.11. The number of nitrogens with two attached hydrogens (primary N) is 1. The van der Waals surface area contributed by atoms with Gasteiger partial charge in [0, 0.05) is 5.69 Å². The molecular weight excluding hydrogens is 194 g/mol. The van der Waals surface area contributed by atoms with Crippen molar-refractivity contribution < 1.29 is 4.79 Å². The largest absolute Gasteiger partial charge is 0.368 e. The Hall–Kier alpha value is -1.63. The third kappa shape index (κ3) is 2.24. The highest BCUT2D eigenvalue weighted by Gasteiger charge is 2.30. The normalized spacial score (nSPS) is 25.1. The van der Waals surface area contributed by atoms with Crippen molar-refractivity contribution in [1.82, 2.24) is 16.4 Å². The van der Waals surface area contributed by atoms with Gasteiger partial charge in [0.1, 0.15) is 12.2 Å². The Balaban J connectivity index is 2.03. The van der Waals surface area contributed by atoms with Crippen LogP contribution in [0.25, 0.3) is 0 Å². The van der Waals surface area contributed by atoms with Crippen LogP contribution in [-0.4, -0.2) is 18.1 Å². The lowest BCUT2D eigenvalue weighted by Crippen LogP contribution is -2.48. The second kappa shape index (κ2) is 4.26. The van der Waals surface area contributed by atoms with Gasteiger partial charge in [0.05, 0.1) is 0 Å². The van der Waals surface area contributed by atoms with E-state index in [-0.39, 0.29) is 6.17 Å².